The zero-order valence-corrected chi connectivity index (χ0v) is 18.0. The fourth-order valence-electron chi connectivity index (χ4n) is 4.06. The lowest BCUT2D eigenvalue weighted by atomic mass is 10.0. The average molecular weight is 440 g/mol. The first kappa shape index (κ1) is 21.7. The summed E-state index contributed by atoms with van der Waals surface area (Å²) in [6, 6.07) is 15.2. The lowest BCUT2D eigenvalue weighted by molar-refractivity contribution is -0.137. The summed E-state index contributed by atoms with van der Waals surface area (Å²) in [5, 5.41) is 0.548. The Hall–Kier alpha value is -3.48. The third-order valence-electron chi connectivity index (χ3n) is 5.54. The number of nitrogens with zero attached hydrogens (tertiary/aromatic N) is 2. The molecule has 0 bridgehead atoms. The van der Waals surface area contributed by atoms with Crippen molar-refractivity contribution in [3.05, 3.63) is 77.6 Å². The summed E-state index contributed by atoms with van der Waals surface area (Å²) < 4.78 is 53.1. The van der Waals surface area contributed by atoms with E-state index in [1.807, 2.05) is 37.3 Å². The van der Waals surface area contributed by atoms with Crippen LogP contribution >= 0.6 is 0 Å². The van der Waals surface area contributed by atoms with Gasteiger partial charge in [0, 0.05) is 46.5 Å². The standard InChI is InChI=1S/C25H23F3N2O2/c1-4-21-24(17-8-11-23(32-3)29-14-17)20-13-18(25(26,27)28)9-10-22(20)30(21)15-16-6-5-7-19(12-16)31-2/h5-14H,4,15H2,1-3H3. The van der Waals surface area contributed by atoms with Crippen LogP contribution in [0.1, 0.15) is 23.7 Å². The first-order chi connectivity index (χ1) is 15.4. The molecule has 0 fully saturated rings. The highest BCUT2D eigenvalue weighted by molar-refractivity contribution is 5.98. The van der Waals surface area contributed by atoms with Crippen LogP contribution in [0.25, 0.3) is 22.0 Å². The van der Waals surface area contributed by atoms with Crippen molar-refractivity contribution in [3.8, 4) is 22.8 Å². The van der Waals surface area contributed by atoms with Crippen molar-refractivity contribution in [1.82, 2.24) is 9.55 Å². The summed E-state index contributed by atoms with van der Waals surface area (Å²) in [5.41, 5.74) is 3.50. The molecule has 2 aromatic carbocycles. The predicted octanol–water partition coefficient (Wildman–Crippen LogP) is 6.35. The summed E-state index contributed by atoms with van der Waals surface area (Å²) in [6.45, 7) is 2.51. The monoisotopic (exact) mass is 440 g/mol. The Bertz CT molecular complexity index is 1240. The zero-order chi connectivity index (χ0) is 22.9. The first-order valence-electron chi connectivity index (χ1n) is 10.2. The van der Waals surface area contributed by atoms with Gasteiger partial charge in [0.05, 0.1) is 19.8 Å². The van der Waals surface area contributed by atoms with E-state index in [0.29, 0.717) is 24.2 Å². The van der Waals surface area contributed by atoms with E-state index < -0.39 is 11.7 Å². The smallest absolute Gasteiger partial charge is 0.416 e. The number of benzene rings is 2. The molecule has 0 aliphatic rings. The molecule has 4 rings (SSSR count). The lowest BCUT2D eigenvalue weighted by Crippen LogP contribution is -2.06. The molecule has 32 heavy (non-hydrogen) atoms. The minimum absolute atomic E-state index is 0.447. The minimum Gasteiger partial charge on any atom is -0.497 e. The number of halogens is 3. The maximum Gasteiger partial charge on any atom is 0.416 e. The number of alkyl halides is 3. The Balaban J connectivity index is 1.96. The molecule has 0 spiro atoms. The van der Waals surface area contributed by atoms with Gasteiger partial charge in [-0.15, -0.1) is 0 Å². The topological polar surface area (TPSA) is 36.3 Å². The summed E-state index contributed by atoms with van der Waals surface area (Å²) in [4.78, 5) is 4.27. The van der Waals surface area contributed by atoms with Gasteiger partial charge >= 0.3 is 6.18 Å². The average Bonchev–Trinajstić information content (AvgIpc) is 3.11. The van der Waals surface area contributed by atoms with Gasteiger partial charge in [0.1, 0.15) is 5.75 Å². The number of hydrogen-bond donors (Lipinski definition) is 0. The van der Waals surface area contributed by atoms with Crippen LogP contribution in [0.2, 0.25) is 0 Å². The molecule has 4 aromatic rings. The van der Waals surface area contributed by atoms with Crippen molar-refractivity contribution in [2.75, 3.05) is 14.2 Å². The highest BCUT2D eigenvalue weighted by Gasteiger charge is 2.31. The van der Waals surface area contributed by atoms with Crippen LogP contribution in [0.3, 0.4) is 0 Å². The van der Waals surface area contributed by atoms with Gasteiger partial charge in [-0.2, -0.15) is 13.2 Å². The molecule has 2 aromatic heterocycles. The molecule has 0 aliphatic heterocycles. The van der Waals surface area contributed by atoms with Crippen LogP contribution in [-0.4, -0.2) is 23.8 Å². The summed E-state index contributed by atoms with van der Waals surface area (Å²) in [6.07, 6.45) is -2.14. The Labute approximate surface area is 184 Å². The van der Waals surface area contributed by atoms with Crippen molar-refractivity contribution in [1.29, 1.82) is 0 Å². The SMILES string of the molecule is CCc1c(-c2ccc(OC)nc2)c2cc(C(F)(F)F)ccc2n1Cc1cccc(OC)c1. The fourth-order valence-corrected chi connectivity index (χ4v) is 4.06. The second kappa shape index (κ2) is 8.57. The van der Waals surface area contributed by atoms with Crippen molar-refractivity contribution in [3.63, 3.8) is 0 Å². The number of methoxy groups -OCH3 is 2. The van der Waals surface area contributed by atoms with Crippen molar-refractivity contribution in [2.45, 2.75) is 26.1 Å². The second-order valence-corrected chi connectivity index (χ2v) is 7.43. The van der Waals surface area contributed by atoms with Crippen LogP contribution < -0.4 is 9.47 Å². The molecule has 0 N–H and O–H groups in total. The molecule has 166 valence electrons. The maximum absolute atomic E-state index is 13.5. The summed E-state index contributed by atoms with van der Waals surface area (Å²) in [5.74, 6) is 1.18. The van der Waals surface area contributed by atoms with E-state index in [2.05, 4.69) is 9.55 Å². The molecule has 2 heterocycles. The number of ether oxygens (including phenoxy) is 2. The molecular formula is C25H23F3N2O2. The van der Waals surface area contributed by atoms with Gasteiger partial charge in [0.2, 0.25) is 5.88 Å². The van der Waals surface area contributed by atoms with Crippen molar-refractivity contribution in [2.24, 2.45) is 0 Å². The Kier molecular flexibility index (Phi) is 5.82. The molecule has 0 saturated carbocycles. The second-order valence-electron chi connectivity index (χ2n) is 7.43. The quantitative estimate of drug-likeness (QED) is 0.351. The molecule has 4 nitrogen and oxygen atoms in total. The molecule has 0 radical (unpaired) electrons. The van der Waals surface area contributed by atoms with E-state index >= 15 is 0 Å². The van der Waals surface area contributed by atoms with Crippen LogP contribution in [0.5, 0.6) is 11.6 Å². The van der Waals surface area contributed by atoms with Crippen LogP contribution in [0.15, 0.2) is 60.8 Å². The van der Waals surface area contributed by atoms with Crippen LogP contribution in [0, 0.1) is 0 Å². The number of pyridine rings is 1. The number of hydrogen-bond acceptors (Lipinski definition) is 3. The number of fused-ring (bicyclic) bond motifs is 1. The lowest BCUT2D eigenvalue weighted by Gasteiger charge is -2.12. The summed E-state index contributed by atoms with van der Waals surface area (Å²) in [7, 11) is 3.13. The Morgan fingerprint density at radius 3 is 2.41 bits per heavy atom. The minimum atomic E-state index is -4.43. The maximum atomic E-state index is 13.5. The molecule has 0 amide bonds. The van der Waals surface area contributed by atoms with Gasteiger partial charge in [0.15, 0.2) is 0 Å². The molecule has 7 heteroatoms. The van der Waals surface area contributed by atoms with Gasteiger partial charge in [0.25, 0.3) is 0 Å². The zero-order valence-electron chi connectivity index (χ0n) is 18.0. The molecule has 0 saturated heterocycles. The van der Waals surface area contributed by atoms with Gasteiger partial charge in [-0.05, 0) is 48.4 Å². The number of rotatable bonds is 6. The van der Waals surface area contributed by atoms with E-state index in [1.165, 1.54) is 13.2 Å². The van der Waals surface area contributed by atoms with E-state index in [9.17, 15) is 13.2 Å². The Morgan fingerprint density at radius 2 is 1.78 bits per heavy atom. The van der Waals surface area contributed by atoms with Crippen molar-refractivity contribution < 1.29 is 22.6 Å². The Morgan fingerprint density at radius 1 is 0.969 bits per heavy atom. The van der Waals surface area contributed by atoms with Gasteiger partial charge in [-0.25, -0.2) is 4.98 Å². The normalized spacial score (nSPS) is 11.7. The predicted molar refractivity (Wildman–Crippen MR) is 118 cm³/mol. The van der Waals surface area contributed by atoms with Crippen LogP contribution in [-0.2, 0) is 19.1 Å². The van der Waals surface area contributed by atoms with E-state index in [1.54, 1.807) is 25.4 Å². The van der Waals surface area contributed by atoms with Gasteiger partial charge in [-0.3, -0.25) is 0 Å². The van der Waals surface area contributed by atoms with Crippen molar-refractivity contribution >= 4 is 10.9 Å². The highest BCUT2D eigenvalue weighted by atomic mass is 19.4. The van der Waals surface area contributed by atoms with Crippen LogP contribution in [0.4, 0.5) is 13.2 Å². The van der Waals surface area contributed by atoms with Gasteiger partial charge < -0.3 is 14.0 Å². The molecule has 0 unspecified atom stereocenters. The van der Waals surface area contributed by atoms with E-state index in [4.69, 9.17) is 9.47 Å². The molecule has 0 aliphatic carbocycles. The largest absolute Gasteiger partial charge is 0.497 e. The third kappa shape index (κ3) is 4.02. The number of aromatic nitrogens is 2. The van der Waals surface area contributed by atoms with E-state index in [0.717, 1.165) is 39.7 Å². The third-order valence-corrected chi connectivity index (χ3v) is 5.54. The highest BCUT2D eigenvalue weighted by Crippen LogP contribution is 2.39. The molecular weight excluding hydrogens is 417 g/mol. The molecule has 0 atom stereocenters. The van der Waals surface area contributed by atoms with Gasteiger partial charge in [-0.1, -0.05) is 19.1 Å². The summed E-state index contributed by atoms with van der Waals surface area (Å²) >= 11 is 0. The van der Waals surface area contributed by atoms with E-state index in [-0.39, 0.29) is 0 Å². The first-order valence-corrected chi connectivity index (χ1v) is 10.2. The fraction of sp³-hybridized carbons (Fsp3) is 0.240.